The number of hydrogen-bond donors (Lipinski definition) is 0. The number of aromatic nitrogens is 4. The second-order valence-electron chi connectivity index (χ2n) is 5.72. The lowest BCUT2D eigenvalue weighted by Crippen LogP contribution is -2.25. The summed E-state index contributed by atoms with van der Waals surface area (Å²) in [6.45, 7) is 3.85. The second-order valence-corrected chi connectivity index (χ2v) is 5.72. The monoisotopic (exact) mass is 309 g/mol. The molecule has 0 saturated carbocycles. The van der Waals surface area contributed by atoms with Gasteiger partial charge < -0.3 is 9.64 Å². The first-order valence-electron chi connectivity index (χ1n) is 8.01. The summed E-state index contributed by atoms with van der Waals surface area (Å²) < 4.78 is 7.88. The van der Waals surface area contributed by atoms with Crippen molar-refractivity contribution in [2.45, 2.75) is 25.9 Å². The number of rotatable bonds is 4. The van der Waals surface area contributed by atoms with Gasteiger partial charge in [0.2, 0.25) is 0 Å². The Hall–Kier alpha value is -2.63. The van der Waals surface area contributed by atoms with Crippen LogP contribution in [0, 0.1) is 0 Å². The maximum Gasteiger partial charge on any atom is 0.178 e. The Bertz CT molecular complexity index is 801. The zero-order valence-corrected chi connectivity index (χ0v) is 13.1. The zero-order valence-electron chi connectivity index (χ0n) is 13.1. The van der Waals surface area contributed by atoms with E-state index in [2.05, 4.69) is 22.0 Å². The molecule has 4 rings (SSSR count). The van der Waals surface area contributed by atoms with Gasteiger partial charge >= 0.3 is 0 Å². The molecule has 0 amide bonds. The smallest absolute Gasteiger partial charge is 0.178 e. The van der Waals surface area contributed by atoms with Gasteiger partial charge in [0.15, 0.2) is 11.5 Å². The number of hydrogen-bond acceptors (Lipinski definition) is 5. The molecule has 1 fully saturated rings. The van der Waals surface area contributed by atoms with E-state index in [4.69, 9.17) is 9.84 Å². The SMILES string of the molecule is CCc1nnc2ccc(N3CC[C@H](Oc4ccccc4)C3)nn12. The van der Waals surface area contributed by atoms with Crippen LogP contribution in [0.3, 0.4) is 0 Å². The van der Waals surface area contributed by atoms with Crippen LogP contribution in [0.15, 0.2) is 42.5 Å². The summed E-state index contributed by atoms with van der Waals surface area (Å²) in [5.74, 6) is 2.76. The lowest BCUT2D eigenvalue weighted by Gasteiger charge is -2.18. The van der Waals surface area contributed by atoms with E-state index in [1.54, 1.807) is 0 Å². The average molecular weight is 309 g/mol. The Kier molecular flexibility index (Phi) is 3.57. The van der Waals surface area contributed by atoms with Crippen molar-refractivity contribution in [1.29, 1.82) is 0 Å². The molecule has 1 aliphatic rings. The number of nitrogens with zero attached hydrogens (tertiary/aromatic N) is 5. The van der Waals surface area contributed by atoms with E-state index in [0.717, 1.165) is 49.0 Å². The highest BCUT2D eigenvalue weighted by atomic mass is 16.5. The lowest BCUT2D eigenvalue weighted by atomic mass is 10.3. The minimum Gasteiger partial charge on any atom is -0.489 e. The largest absolute Gasteiger partial charge is 0.489 e. The molecule has 0 spiro atoms. The topological polar surface area (TPSA) is 55.5 Å². The third-order valence-corrected chi connectivity index (χ3v) is 4.14. The highest BCUT2D eigenvalue weighted by molar-refractivity contribution is 5.46. The molecule has 0 bridgehead atoms. The molecule has 3 heterocycles. The van der Waals surface area contributed by atoms with Crippen molar-refractivity contribution in [3.05, 3.63) is 48.3 Å². The van der Waals surface area contributed by atoms with Crippen LogP contribution in [0.4, 0.5) is 5.82 Å². The van der Waals surface area contributed by atoms with E-state index in [0.29, 0.717) is 0 Å². The Morgan fingerprint density at radius 3 is 2.83 bits per heavy atom. The van der Waals surface area contributed by atoms with Crippen LogP contribution < -0.4 is 9.64 Å². The summed E-state index contributed by atoms with van der Waals surface area (Å²) in [5, 5.41) is 13.0. The molecule has 1 saturated heterocycles. The molecule has 0 radical (unpaired) electrons. The van der Waals surface area contributed by atoms with Gasteiger partial charge in [-0.2, -0.15) is 4.52 Å². The van der Waals surface area contributed by atoms with Gasteiger partial charge in [0.05, 0.1) is 6.54 Å². The molecular weight excluding hydrogens is 290 g/mol. The van der Waals surface area contributed by atoms with Crippen LogP contribution in [0.1, 0.15) is 19.2 Å². The van der Waals surface area contributed by atoms with Crippen LogP contribution >= 0.6 is 0 Å². The maximum absolute atomic E-state index is 6.04. The molecule has 6 nitrogen and oxygen atoms in total. The van der Waals surface area contributed by atoms with Crippen molar-refractivity contribution < 1.29 is 4.74 Å². The fraction of sp³-hybridized carbons (Fsp3) is 0.353. The fourth-order valence-electron chi connectivity index (χ4n) is 2.94. The average Bonchev–Trinajstić information content (AvgIpc) is 3.21. The van der Waals surface area contributed by atoms with Gasteiger partial charge in [-0.15, -0.1) is 15.3 Å². The third-order valence-electron chi connectivity index (χ3n) is 4.14. The summed E-state index contributed by atoms with van der Waals surface area (Å²) in [6, 6.07) is 14.0. The van der Waals surface area contributed by atoms with E-state index < -0.39 is 0 Å². The number of fused-ring (bicyclic) bond motifs is 1. The molecule has 0 N–H and O–H groups in total. The summed E-state index contributed by atoms with van der Waals surface area (Å²) in [4.78, 5) is 2.26. The normalized spacial score (nSPS) is 17.8. The van der Waals surface area contributed by atoms with Crippen molar-refractivity contribution in [3.63, 3.8) is 0 Å². The summed E-state index contributed by atoms with van der Waals surface area (Å²) in [7, 11) is 0. The van der Waals surface area contributed by atoms with Gasteiger partial charge in [-0.05, 0) is 24.3 Å². The summed E-state index contributed by atoms with van der Waals surface area (Å²) in [6.07, 6.45) is 2.01. The molecule has 1 atom stereocenters. The quantitative estimate of drug-likeness (QED) is 0.740. The number of ether oxygens (including phenoxy) is 1. The minimum atomic E-state index is 0.196. The Morgan fingerprint density at radius 2 is 2.00 bits per heavy atom. The molecule has 0 unspecified atom stereocenters. The number of aryl methyl sites for hydroxylation is 1. The molecule has 2 aromatic heterocycles. The molecule has 1 aromatic carbocycles. The van der Waals surface area contributed by atoms with E-state index in [9.17, 15) is 0 Å². The molecule has 118 valence electrons. The number of benzene rings is 1. The third kappa shape index (κ3) is 2.72. The van der Waals surface area contributed by atoms with Crippen LogP contribution in [0.25, 0.3) is 5.65 Å². The predicted octanol–water partition coefficient (Wildman–Crippen LogP) is 2.34. The molecule has 0 aliphatic carbocycles. The van der Waals surface area contributed by atoms with Crippen molar-refractivity contribution >= 4 is 11.5 Å². The number of anilines is 1. The van der Waals surface area contributed by atoms with Crippen molar-refractivity contribution in [1.82, 2.24) is 19.8 Å². The van der Waals surface area contributed by atoms with Crippen molar-refractivity contribution in [2.24, 2.45) is 0 Å². The Balaban J connectivity index is 1.51. The van der Waals surface area contributed by atoms with Gasteiger partial charge in [-0.1, -0.05) is 25.1 Å². The molecule has 3 aromatic rings. The van der Waals surface area contributed by atoms with Crippen molar-refractivity contribution in [3.8, 4) is 5.75 Å². The maximum atomic E-state index is 6.04. The van der Waals surface area contributed by atoms with Gasteiger partial charge in [-0.25, -0.2) is 0 Å². The zero-order chi connectivity index (χ0) is 15.6. The van der Waals surface area contributed by atoms with E-state index in [-0.39, 0.29) is 6.10 Å². The first-order chi connectivity index (χ1) is 11.3. The highest BCUT2D eigenvalue weighted by Crippen LogP contribution is 2.22. The lowest BCUT2D eigenvalue weighted by molar-refractivity contribution is 0.225. The highest BCUT2D eigenvalue weighted by Gasteiger charge is 2.25. The van der Waals surface area contributed by atoms with Crippen LogP contribution in [0.5, 0.6) is 5.75 Å². The van der Waals surface area contributed by atoms with Gasteiger partial charge in [-0.3, -0.25) is 0 Å². The van der Waals surface area contributed by atoms with E-state index in [1.165, 1.54) is 0 Å². The van der Waals surface area contributed by atoms with Crippen molar-refractivity contribution in [2.75, 3.05) is 18.0 Å². The molecule has 1 aliphatic heterocycles. The van der Waals surface area contributed by atoms with Gasteiger partial charge in [0, 0.05) is 19.4 Å². The predicted molar refractivity (Wildman–Crippen MR) is 87.8 cm³/mol. The van der Waals surface area contributed by atoms with E-state index in [1.807, 2.05) is 47.0 Å². The summed E-state index contributed by atoms with van der Waals surface area (Å²) >= 11 is 0. The minimum absolute atomic E-state index is 0.196. The second kappa shape index (κ2) is 5.87. The summed E-state index contributed by atoms with van der Waals surface area (Å²) in [5.41, 5.74) is 0.793. The molecule has 6 heteroatoms. The van der Waals surface area contributed by atoms with Gasteiger partial charge in [0.25, 0.3) is 0 Å². The first-order valence-corrected chi connectivity index (χ1v) is 8.01. The standard InChI is InChI=1S/C17H19N5O/c1-2-15-18-19-16-8-9-17(20-22(15)16)21-11-10-14(12-21)23-13-6-4-3-5-7-13/h3-9,14H,2,10-12H2,1H3/t14-/m0/s1. The van der Waals surface area contributed by atoms with Crippen LogP contribution in [-0.2, 0) is 6.42 Å². The van der Waals surface area contributed by atoms with Crippen LogP contribution in [0.2, 0.25) is 0 Å². The molecule has 23 heavy (non-hydrogen) atoms. The first kappa shape index (κ1) is 14.0. The number of para-hydroxylation sites is 1. The Morgan fingerprint density at radius 1 is 1.13 bits per heavy atom. The van der Waals surface area contributed by atoms with Gasteiger partial charge in [0.1, 0.15) is 17.7 Å². The Labute approximate surface area is 134 Å². The van der Waals surface area contributed by atoms with Crippen LogP contribution in [-0.4, -0.2) is 39.0 Å². The molecular formula is C17H19N5O. The van der Waals surface area contributed by atoms with E-state index >= 15 is 0 Å². The fourth-order valence-corrected chi connectivity index (χ4v) is 2.94.